The van der Waals surface area contributed by atoms with Gasteiger partial charge < -0.3 is 33.9 Å². The molecule has 12 heteroatoms. The van der Waals surface area contributed by atoms with Crippen molar-refractivity contribution >= 4 is 24.6 Å². The fourth-order valence-electron chi connectivity index (χ4n) is 5.61. The van der Waals surface area contributed by atoms with Gasteiger partial charge in [0.25, 0.3) is 0 Å². The number of aliphatic hydroxyl groups is 1. The number of nitrogen functional groups attached to an aromatic ring is 1. The number of unbranched alkanes of at least 4 members (excludes halogenated alkanes) is 13. The Balaban J connectivity index is 1.33. The van der Waals surface area contributed by atoms with E-state index < -0.39 is 13.7 Å². The third kappa shape index (κ3) is 15.9. The molecule has 3 aromatic rings. The summed E-state index contributed by atoms with van der Waals surface area (Å²) < 4.78 is 38.9. The molecule has 11 nitrogen and oxygen atoms in total. The molecular weight excluding hydrogens is 629 g/mol. The Morgan fingerprint density at radius 2 is 1.48 bits per heavy atom. The lowest BCUT2D eigenvalue weighted by molar-refractivity contribution is 0.00755. The number of ether oxygens (including phenoxy) is 2. The highest BCUT2D eigenvalue weighted by atomic mass is 31.2. The molecule has 0 bridgehead atoms. The van der Waals surface area contributed by atoms with Crippen LogP contribution in [0.1, 0.15) is 116 Å². The van der Waals surface area contributed by atoms with Gasteiger partial charge in [-0.3, -0.25) is 4.57 Å². The van der Waals surface area contributed by atoms with E-state index in [1.165, 1.54) is 89.8 Å². The standard InChI is InChI=1S/C36H60N5O6P/c1-3-4-5-6-7-8-9-10-11-12-13-14-15-17-20-31(2)44-23-24-46-48(43,47-27-32-21-18-16-19-22-32)30-45-33(26-42)25-41-29-40-34-35(37)38-28-39-36(34)41/h16,18-19,21-22,28-29,31,33,42H,3-15,17,20,23-27,30H2,1-2H3,(H2,37,38,39). The summed E-state index contributed by atoms with van der Waals surface area (Å²) in [5.74, 6) is 0.267. The van der Waals surface area contributed by atoms with Crippen molar-refractivity contribution in [3.05, 3.63) is 48.5 Å². The number of aromatic nitrogens is 4. The van der Waals surface area contributed by atoms with Crippen LogP contribution in [0.5, 0.6) is 0 Å². The maximum atomic E-state index is 13.8. The normalized spacial score (nSPS) is 14.3. The van der Waals surface area contributed by atoms with Crippen LogP contribution < -0.4 is 5.73 Å². The van der Waals surface area contributed by atoms with Gasteiger partial charge in [-0.15, -0.1) is 0 Å². The van der Waals surface area contributed by atoms with E-state index in [9.17, 15) is 9.67 Å². The number of hydrogen-bond donors (Lipinski definition) is 2. The van der Waals surface area contributed by atoms with E-state index in [4.69, 9.17) is 24.3 Å². The summed E-state index contributed by atoms with van der Waals surface area (Å²) in [6, 6.07) is 9.47. The van der Waals surface area contributed by atoms with Crippen LogP contribution in [0.2, 0.25) is 0 Å². The van der Waals surface area contributed by atoms with E-state index in [0.717, 1.165) is 18.4 Å². The summed E-state index contributed by atoms with van der Waals surface area (Å²) in [5.41, 5.74) is 7.74. The zero-order valence-corrected chi connectivity index (χ0v) is 30.2. The van der Waals surface area contributed by atoms with Crippen LogP contribution in [0.3, 0.4) is 0 Å². The first-order chi connectivity index (χ1) is 23.4. The molecule has 0 amide bonds. The quantitative estimate of drug-likeness (QED) is 0.0538. The molecule has 0 saturated carbocycles. The zero-order chi connectivity index (χ0) is 34.3. The van der Waals surface area contributed by atoms with Crippen LogP contribution in [0.25, 0.3) is 11.2 Å². The number of imidazole rings is 1. The molecule has 3 N–H and O–H groups in total. The summed E-state index contributed by atoms with van der Waals surface area (Å²) in [5, 5.41) is 10.0. The lowest BCUT2D eigenvalue weighted by Crippen LogP contribution is -2.25. The van der Waals surface area contributed by atoms with Crippen molar-refractivity contribution in [1.29, 1.82) is 0 Å². The summed E-state index contributed by atoms with van der Waals surface area (Å²) in [6.45, 7) is 4.73. The number of anilines is 1. The number of fused-ring (bicyclic) bond motifs is 1. The van der Waals surface area contributed by atoms with E-state index in [2.05, 4.69) is 28.8 Å². The van der Waals surface area contributed by atoms with E-state index in [-0.39, 0.29) is 44.6 Å². The molecule has 0 spiro atoms. The van der Waals surface area contributed by atoms with Gasteiger partial charge in [-0.25, -0.2) is 15.0 Å². The lowest BCUT2D eigenvalue weighted by atomic mass is 10.0. The van der Waals surface area contributed by atoms with E-state index >= 15 is 0 Å². The fourth-order valence-corrected chi connectivity index (χ4v) is 6.92. The topological polar surface area (TPSA) is 144 Å². The second-order valence-electron chi connectivity index (χ2n) is 12.7. The molecule has 0 aliphatic rings. The van der Waals surface area contributed by atoms with Gasteiger partial charge in [0.05, 0.1) is 51.5 Å². The van der Waals surface area contributed by atoms with Crippen LogP contribution >= 0.6 is 7.60 Å². The predicted octanol–water partition coefficient (Wildman–Crippen LogP) is 8.45. The molecule has 0 aliphatic carbocycles. The van der Waals surface area contributed by atoms with E-state index in [0.29, 0.717) is 17.8 Å². The second kappa shape index (κ2) is 23.9. The molecule has 3 atom stereocenters. The number of nitrogens with two attached hydrogens (primary N) is 1. The Hall–Kier alpha value is -2.40. The van der Waals surface area contributed by atoms with Crippen molar-refractivity contribution in [3.63, 3.8) is 0 Å². The van der Waals surface area contributed by atoms with Crippen molar-refractivity contribution in [2.24, 2.45) is 0 Å². The monoisotopic (exact) mass is 689 g/mol. The molecule has 2 heterocycles. The third-order valence-electron chi connectivity index (χ3n) is 8.51. The average molecular weight is 690 g/mol. The van der Waals surface area contributed by atoms with Gasteiger partial charge in [-0.05, 0) is 18.9 Å². The Morgan fingerprint density at radius 1 is 0.833 bits per heavy atom. The number of rotatable bonds is 29. The third-order valence-corrected chi connectivity index (χ3v) is 10.1. The maximum absolute atomic E-state index is 13.8. The SMILES string of the molecule is CCCCCCCCCCCCCCCCC(C)OCCOP(=O)(COC(CO)Cn1cnc2c(N)ncnc21)OCc1ccccc1. The van der Waals surface area contributed by atoms with E-state index in [1.807, 2.05) is 30.3 Å². The molecule has 48 heavy (non-hydrogen) atoms. The minimum absolute atomic E-state index is 0.0911. The molecule has 3 unspecified atom stereocenters. The van der Waals surface area contributed by atoms with Gasteiger partial charge in [-0.1, -0.05) is 127 Å². The fraction of sp³-hybridized carbons (Fsp3) is 0.694. The van der Waals surface area contributed by atoms with Gasteiger partial charge >= 0.3 is 7.60 Å². The molecule has 0 radical (unpaired) electrons. The first-order valence-electron chi connectivity index (χ1n) is 18.1. The van der Waals surface area contributed by atoms with E-state index in [1.54, 1.807) is 10.9 Å². The first-order valence-corrected chi connectivity index (χ1v) is 19.8. The summed E-state index contributed by atoms with van der Waals surface area (Å²) in [4.78, 5) is 12.4. The first kappa shape index (κ1) is 40.0. The van der Waals surface area contributed by atoms with Crippen molar-refractivity contribution < 1.29 is 28.2 Å². The minimum Gasteiger partial charge on any atom is -0.394 e. The molecule has 2 aromatic heterocycles. The predicted molar refractivity (Wildman–Crippen MR) is 192 cm³/mol. The van der Waals surface area contributed by atoms with Crippen LogP contribution in [0, 0.1) is 0 Å². The summed E-state index contributed by atoms with van der Waals surface area (Å²) in [7, 11) is -3.69. The number of benzene rings is 1. The Morgan fingerprint density at radius 3 is 2.12 bits per heavy atom. The van der Waals surface area contributed by atoms with Crippen molar-refractivity contribution in [2.75, 3.05) is 31.9 Å². The van der Waals surface area contributed by atoms with Gasteiger partial charge in [0.2, 0.25) is 0 Å². The van der Waals surface area contributed by atoms with Gasteiger partial charge in [0, 0.05) is 0 Å². The zero-order valence-electron chi connectivity index (χ0n) is 29.3. The van der Waals surface area contributed by atoms with Gasteiger partial charge in [0.15, 0.2) is 11.5 Å². The molecule has 3 rings (SSSR count). The molecule has 270 valence electrons. The summed E-state index contributed by atoms with van der Waals surface area (Å²) in [6.07, 6.45) is 21.7. The molecule has 1 aromatic carbocycles. The molecule has 0 saturated heterocycles. The van der Waals surface area contributed by atoms with Crippen LogP contribution in [-0.2, 0) is 36.2 Å². The molecule has 0 aliphatic heterocycles. The number of aliphatic hydroxyl groups excluding tert-OH is 1. The van der Waals surface area contributed by atoms with Crippen LogP contribution in [-0.4, -0.2) is 63.0 Å². The van der Waals surface area contributed by atoms with Crippen molar-refractivity contribution in [1.82, 2.24) is 19.5 Å². The van der Waals surface area contributed by atoms with Gasteiger partial charge in [0.1, 0.15) is 18.2 Å². The smallest absolute Gasteiger partial charge is 0.356 e. The Kier molecular flexibility index (Phi) is 19.9. The van der Waals surface area contributed by atoms with Crippen molar-refractivity contribution in [3.8, 4) is 0 Å². The van der Waals surface area contributed by atoms with Gasteiger partial charge in [-0.2, -0.15) is 0 Å². The lowest BCUT2D eigenvalue weighted by Gasteiger charge is -2.22. The highest BCUT2D eigenvalue weighted by molar-refractivity contribution is 7.53. The largest absolute Gasteiger partial charge is 0.394 e. The van der Waals surface area contributed by atoms with Crippen LogP contribution in [0.15, 0.2) is 43.0 Å². The number of nitrogens with zero attached hydrogens (tertiary/aromatic N) is 4. The molecule has 0 fully saturated rings. The average Bonchev–Trinajstić information content (AvgIpc) is 3.52. The Bertz CT molecular complexity index is 1300. The minimum atomic E-state index is -3.69. The summed E-state index contributed by atoms with van der Waals surface area (Å²) >= 11 is 0. The second-order valence-corrected chi connectivity index (χ2v) is 14.7. The highest BCUT2D eigenvalue weighted by Crippen LogP contribution is 2.49. The van der Waals surface area contributed by atoms with Crippen molar-refractivity contribution in [2.45, 2.75) is 136 Å². The highest BCUT2D eigenvalue weighted by Gasteiger charge is 2.28. The Labute approximate surface area is 287 Å². The van der Waals surface area contributed by atoms with Crippen LogP contribution in [0.4, 0.5) is 5.82 Å². The maximum Gasteiger partial charge on any atom is 0.356 e. The molecular formula is C36H60N5O6P. The number of hydrogen-bond acceptors (Lipinski definition) is 10.